The highest BCUT2D eigenvalue weighted by atomic mass is 16.3. The van der Waals surface area contributed by atoms with E-state index in [0.717, 1.165) is 124 Å². The molecule has 0 aromatic heterocycles. The number of phenols is 2. The molecule has 0 heterocycles. The molecule has 1 aliphatic rings. The minimum Gasteiger partial charge on any atom is -0.507 e. The van der Waals surface area contributed by atoms with E-state index in [1.54, 1.807) is 0 Å². The second-order valence-electron chi connectivity index (χ2n) is 18.4. The number of hydrogen-bond donors (Lipinski definition) is 2. The summed E-state index contributed by atoms with van der Waals surface area (Å²) in [7, 11) is 4.46. The fraction of sp³-hybridized carbons (Fsp3) is 0.161. The van der Waals surface area contributed by atoms with Crippen molar-refractivity contribution in [3.63, 3.8) is 0 Å². The van der Waals surface area contributed by atoms with Gasteiger partial charge in [-0.1, -0.05) is 195 Å². The molecule has 324 valence electrons. The van der Waals surface area contributed by atoms with Crippen LogP contribution < -0.4 is 0 Å². The highest BCUT2D eigenvalue weighted by molar-refractivity contribution is 6.14. The highest BCUT2D eigenvalue weighted by Gasteiger charge is 2.33. The van der Waals surface area contributed by atoms with Gasteiger partial charge in [0, 0.05) is 58.6 Å². The Hall–Kier alpha value is -7.24. The lowest BCUT2D eigenvalue weighted by Gasteiger charge is -2.43. The molecular weight excluding hydrogens is 805 g/mol. The Bertz CT molecular complexity index is 3170. The van der Waals surface area contributed by atoms with E-state index in [-0.39, 0.29) is 12.1 Å². The van der Waals surface area contributed by atoms with Gasteiger partial charge in [0.2, 0.25) is 0 Å². The maximum absolute atomic E-state index is 12.7. The van der Waals surface area contributed by atoms with Crippen LogP contribution in [-0.4, -0.2) is 46.2 Å². The number of fused-ring (bicyclic) bond motifs is 4. The van der Waals surface area contributed by atoms with Crippen LogP contribution in [0.15, 0.2) is 194 Å². The van der Waals surface area contributed by atoms with Gasteiger partial charge < -0.3 is 10.2 Å². The largest absolute Gasteiger partial charge is 0.507 e. The van der Waals surface area contributed by atoms with Crippen molar-refractivity contribution in [3.8, 4) is 56.0 Å². The summed E-state index contributed by atoms with van der Waals surface area (Å²) in [5.41, 5.74) is 10.2. The summed E-state index contributed by atoms with van der Waals surface area (Å²) >= 11 is 0. The van der Waals surface area contributed by atoms with Gasteiger partial charge in [-0.25, -0.2) is 0 Å². The van der Waals surface area contributed by atoms with Gasteiger partial charge in [0.1, 0.15) is 11.5 Å². The molecule has 66 heavy (non-hydrogen) atoms. The summed E-state index contributed by atoms with van der Waals surface area (Å²) in [6, 6.07) is 68.9. The van der Waals surface area contributed by atoms with Crippen LogP contribution in [0.5, 0.6) is 11.5 Å². The third kappa shape index (κ3) is 7.46. The Balaban J connectivity index is 0.969. The Morgan fingerprint density at radius 1 is 0.379 bits per heavy atom. The molecule has 2 N–H and O–H groups in total. The lowest BCUT2D eigenvalue weighted by atomic mass is 9.85. The monoisotopic (exact) mass is 858 g/mol. The predicted molar refractivity (Wildman–Crippen MR) is 277 cm³/mol. The van der Waals surface area contributed by atoms with Crippen molar-refractivity contribution in [1.82, 2.24) is 9.80 Å². The molecule has 10 aromatic rings. The maximum Gasteiger partial charge on any atom is 0.128 e. The van der Waals surface area contributed by atoms with Crippen molar-refractivity contribution >= 4 is 43.1 Å². The number of likely N-dealkylation sites (N-methyl/N-ethyl adjacent to an activating group) is 2. The van der Waals surface area contributed by atoms with E-state index in [2.05, 4.69) is 218 Å². The second kappa shape index (κ2) is 17.6. The van der Waals surface area contributed by atoms with Crippen LogP contribution in [0.3, 0.4) is 0 Å². The normalized spacial score (nSPS) is 15.4. The maximum atomic E-state index is 12.7. The molecule has 1 saturated carbocycles. The van der Waals surface area contributed by atoms with E-state index in [1.165, 1.54) is 0 Å². The molecule has 1 aliphatic carbocycles. The van der Waals surface area contributed by atoms with Crippen LogP contribution in [0, 0.1) is 0 Å². The van der Waals surface area contributed by atoms with Crippen LogP contribution in [0.2, 0.25) is 0 Å². The van der Waals surface area contributed by atoms with E-state index in [0.29, 0.717) is 24.6 Å². The highest BCUT2D eigenvalue weighted by Crippen LogP contribution is 2.49. The average Bonchev–Trinajstić information content (AvgIpc) is 3.37. The van der Waals surface area contributed by atoms with Gasteiger partial charge >= 0.3 is 0 Å². The predicted octanol–water partition coefficient (Wildman–Crippen LogP) is 15.3. The van der Waals surface area contributed by atoms with Gasteiger partial charge in [-0.05, 0) is 104 Å². The standard InChI is InChI=1S/C62H54N2O2/c1-63(39-47-37-45-25-11-15-29-51(45)59(61(47)65)57-49-27-13-9-23-43(49)33-35-53(57)41-19-5-3-6-20-41)55-31-17-18-32-56(55)64(2)40-48-38-46-26-12-16-30-52(46)60(62(48)66)58-50-28-14-10-24-44(50)34-36-54(58)42-21-7-4-8-22-42/h3-16,19-30,33-38,55-56,65-66H,17-18,31-32,39-40H2,1-2H3. The average molecular weight is 859 g/mol. The number of phenolic OH excluding ortho intramolecular Hbond substituents is 2. The molecule has 4 heteroatoms. The number of rotatable bonds is 10. The van der Waals surface area contributed by atoms with Crippen molar-refractivity contribution in [2.24, 2.45) is 0 Å². The first-order valence-electron chi connectivity index (χ1n) is 23.5. The molecule has 0 aliphatic heterocycles. The molecule has 0 amide bonds. The minimum absolute atomic E-state index is 0.236. The van der Waals surface area contributed by atoms with Crippen molar-refractivity contribution in [3.05, 3.63) is 205 Å². The van der Waals surface area contributed by atoms with Crippen molar-refractivity contribution in [2.45, 2.75) is 50.9 Å². The molecule has 4 nitrogen and oxygen atoms in total. The Morgan fingerprint density at radius 2 is 0.712 bits per heavy atom. The van der Waals surface area contributed by atoms with E-state index in [1.807, 2.05) is 0 Å². The first kappa shape index (κ1) is 41.5. The lowest BCUT2D eigenvalue weighted by molar-refractivity contribution is 0.0686. The summed E-state index contributed by atoms with van der Waals surface area (Å²) in [6.07, 6.45) is 4.41. The zero-order valence-corrected chi connectivity index (χ0v) is 37.7. The fourth-order valence-electron chi connectivity index (χ4n) is 11.2. The van der Waals surface area contributed by atoms with Crippen molar-refractivity contribution < 1.29 is 10.2 Å². The molecule has 0 bridgehead atoms. The quantitative estimate of drug-likeness (QED) is 0.144. The molecule has 2 atom stereocenters. The van der Waals surface area contributed by atoms with Crippen LogP contribution in [0.4, 0.5) is 0 Å². The van der Waals surface area contributed by atoms with Crippen molar-refractivity contribution in [2.75, 3.05) is 14.1 Å². The summed E-state index contributed by atoms with van der Waals surface area (Å²) in [5.74, 6) is 0.679. The molecule has 0 saturated heterocycles. The van der Waals surface area contributed by atoms with Crippen LogP contribution >= 0.6 is 0 Å². The summed E-state index contributed by atoms with van der Waals surface area (Å²) in [4.78, 5) is 4.95. The number of benzene rings is 10. The molecule has 0 radical (unpaired) electrons. The number of hydrogen-bond acceptors (Lipinski definition) is 4. The molecule has 1 fully saturated rings. The molecular formula is C62H54N2O2. The van der Waals surface area contributed by atoms with Gasteiger partial charge in [0.15, 0.2) is 0 Å². The topological polar surface area (TPSA) is 46.9 Å². The SMILES string of the molecule is CN(Cc1cc2ccccc2c(-c2c(-c3ccccc3)ccc3ccccc23)c1O)C1CCCCC1N(C)Cc1cc2ccccc2c(-c2c(-c3ccccc3)ccc3ccccc23)c1O. The third-order valence-electron chi connectivity index (χ3n) is 14.4. The second-order valence-corrected chi connectivity index (χ2v) is 18.4. The van der Waals surface area contributed by atoms with E-state index in [9.17, 15) is 10.2 Å². The van der Waals surface area contributed by atoms with Gasteiger partial charge in [-0.3, -0.25) is 9.80 Å². The van der Waals surface area contributed by atoms with Gasteiger partial charge in [0.05, 0.1) is 0 Å². The van der Waals surface area contributed by atoms with E-state index in [4.69, 9.17) is 0 Å². The Kier molecular flexibility index (Phi) is 11.1. The van der Waals surface area contributed by atoms with Gasteiger partial charge in [-0.15, -0.1) is 0 Å². The Morgan fingerprint density at radius 3 is 1.11 bits per heavy atom. The van der Waals surface area contributed by atoms with Crippen LogP contribution in [0.25, 0.3) is 87.6 Å². The van der Waals surface area contributed by atoms with Crippen LogP contribution in [-0.2, 0) is 13.1 Å². The zero-order valence-electron chi connectivity index (χ0n) is 37.7. The molecule has 11 rings (SSSR count). The fourth-order valence-corrected chi connectivity index (χ4v) is 11.2. The molecule has 0 spiro atoms. The van der Waals surface area contributed by atoms with Gasteiger partial charge in [-0.2, -0.15) is 0 Å². The smallest absolute Gasteiger partial charge is 0.128 e. The first-order valence-corrected chi connectivity index (χ1v) is 23.5. The van der Waals surface area contributed by atoms with Crippen LogP contribution in [0.1, 0.15) is 36.8 Å². The van der Waals surface area contributed by atoms with E-state index < -0.39 is 0 Å². The molecule has 10 aromatic carbocycles. The summed E-state index contributed by atoms with van der Waals surface area (Å²) in [6.45, 7) is 1.19. The lowest BCUT2D eigenvalue weighted by Crippen LogP contribution is -2.50. The number of nitrogens with zero attached hydrogens (tertiary/aromatic N) is 2. The van der Waals surface area contributed by atoms with E-state index >= 15 is 0 Å². The Labute approximate surface area is 387 Å². The summed E-state index contributed by atoms with van der Waals surface area (Å²) < 4.78 is 0. The number of aromatic hydroxyl groups is 2. The zero-order chi connectivity index (χ0) is 44.7. The van der Waals surface area contributed by atoms with Gasteiger partial charge in [0.25, 0.3) is 0 Å². The minimum atomic E-state index is 0.236. The summed E-state index contributed by atoms with van der Waals surface area (Å²) in [5, 5.41) is 34.3. The molecule has 2 unspecified atom stereocenters. The third-order valence-corrected chi connectivity index (χ3v) is 14.4. The van der Waals surface area contributed by atoms with Crippen molar-refractivity contribution in [1.29, 1.82) is 0 Å². The first-order chi connectivity index (χ1) is 32.4.